The minimum Gasteiger partial charge on any atom is -0.393 e. The van der Waals surface area contributed by atoms with Gasteiger partial charge in [-0.3, -0.25) is 4.79 Å². The molecule has 0 spiro atoms. The number of carbonyl (C=O) groups is 1. The molecule has 3 fully saturated rings. The van der Waals surface area contributed by atoms with Gasteiger partial charge >= 0.3 is 0 Å². The molecule has 2 saturated carbocycles. The van der Waals surface area contributed by atoms with Crippen molar-refractivity contribution in [1.29, 1.82) is 0 Å². The number of rotatable bonds is 6. The van der Waals surface area contributed by atoms with E-state index < -0.39 is 10.0 Å². The molecule has 0 unspecified atom stereocenters. The monoisotopic (exact) mass is 488 g/mol. The number of piperidine rings is 1. The summed E-state index contributed by atoms with van der Waals surface area (Å²) in [6.45, 7) is 1.25. The van der Waals surface area contributed by atoms with Crippen LogP contribution < -0.4 is 0 Å². The highest BCUT2D eigenvalue weighted by Gasteiger charge is 2.40. The summed E-state index contributed by atoms with van der Waals surface area (Å²) < 4.78 is 28.0. The molecule has 1 aromatic carbocycles. The van der Waals surface area contributed by atoms with Crippen LogP contribution in [0.4, 0.5) is 0 Å². The number of aliphatic hydroxyl groups excluding tert-OH is 1. The fourth-order valence-electron chi connectivity index (χ4n) is 4.82. The van der Waals surface area contributed by atoms with Gasteiger partial charge in [-0.05, 0) is 69.4 Å². The standard InChI is InChI=1S/C22H30Cl2N2O4S/c23-19-4-1-5-20(24)21(19)31(29,30)25-12-2-3-16(14-25)22(28)26(13-15-6-7-15)17-8-10-18(27)11-9-17/h1,4-5,15-18,27H,2-3,6-14H2/t16-,17?,18?/m0/s1. The van der Waals surface area contributed by atoms with Gasteiger partial charge in [0.15, 0.2) is 0 Å². The molecule has 0 aromatic heterocycles. The lowest BCUT2D eigenvalue weighted by molar-refractivity contribution is -0.140. The van der Waals surface area contributed by atoms with E-state index in [-0.39, 0.29) is 45.5 Å². The molecule has 2 aliphatic carbocycles. The van der Waals surface area contributed by atoms with E-state index in [1.54, 1.807) is 6.07 Å². The average Bonchev–Trinajstić information content (AvgIpc) is 3.56. The summed E-state index contributed by atoms with van der Waals surface area (Å²) in [5, 5.41) is 10.1. The summed E-state index contributed by atoms with van der Waals surface area (Å²) in [4.78, 5) is 15.5. The highest BCUT2D eigenvalue weighted by Crippen LogP contribution is 2.36. The lowest BCUT2D eigenvalue weighted by Gasteiger charge is -2.40. The predicted octanol–water partition coefficient (Wildman–Crippen LogP) is 3.94. The van der Waals surface area contributed by atoms with E-state index in [0.717, 1.165) is 45.1 Å². The van der Waals surface area contributed by atoms with Crippen LogP contribution in [0.25, 0.3) is 0 Å². The highest BCUT2D eigenvalue weighted by atomic mass is 35.5. The Labute approximate surface area is 194 Å². The van der Waals surface area contributed by atoms with Crippen molar-refractivity contribution in [1.82, 2.24) is 9.21 Å². The summed E-state index contributed by atoms with van der Waals surface area (Å²) in [5.41, 5.74) is 0. The molecule has 6 nitrogen and oxygen atoms in total. The molecule has 0 bridgehead atoms. The minimum absolute atomic E-state index is 0.0541. The van der Waals surface area contributed by atoms with Crippen LogP contribution in [0.15, 0.2) is 23.1 Å². The maximum atomic E-state index is 13.6. The highest BCUT2D eigenvalue weighted by molar-refractivity contribution is 7.89. The molecule has 172 valence electrons. The number of sulfonamides is 1. The van der Waals surface area contributed by atoms with Crippen molar-refractivity contribution in [2.75, 3.05) is 19.6 Å². The first-order valence-electron chi connectivity index (χ1n) is 11.2. The van der Waals surface area contributed by atoms with Gasteiger partial charge in [-0.2, -0.15) is 4.31 Å². The first-order valence-corrected chi connectivity index (χ1v) is 13.4. The van der Waals surface area contributed by atoms with Gasteiger partial charge in [0.1, 0.15) is 4.90 Å². The second kappa shape index (κ2) is 9.56. The molecular weight excluding hydrogens is 459 g/mol. The van der Waals surface area contributed by atoms with E-state index in [0.29, 0.717) is 25.3 Å². The van der Waals surface area contributed by atoms with Crippen LogP contribution in [0.1, 0.15) is 51.4 Å². The Bertz CT molecular complexity index is 894. The Morgan fingerprint density at radius 2 is 1.71 bits per heavy atom. The Morgan fingerprint density at radius 1 is 1.06 bits per heavy atom. The number of nitrogens with zero attached hydrogens (tertiary/aromatic N) is 2. The summed E-state index contributed by atoms with van der Waals surface area (Å²) in [6.07, 6.45) is 6.38. The van der Waals surface area contributed by atoms with Gasteiger partial charge in [-0.1, -0.05) is 29.3 Å². The number of halogens is 2. The van der Waals surface area contributed by atoms with Gasteiger partial charge in [0.05, 0.1) is 22.1 Å². The van der Waals surface area contributed by atoms with Crippen LogP contribution in [0.3, 0.4) is 0 Å². The molecule has 9 heteroatoms. The second-order valence-corrected chi connectivity index (χ2v) is 11.8. The molecule has 1 heterocycles. The van der Waals surface area contributed by atoms with Crippen molar-refractivity contribution >= 4 is 39.1 Å². The summed E-state index contributed by atoms with van der Waals surface area (Å²) >= 11 is 12.3. The molecule has 1 aliphatic heterocycles. The number of amides is 1. The predicted molar refractivity (Wildman–Crippen MR) is 121 cm³/mol. The second-order valence-electron chi connectivity index (χ2n) is 9.15. The van der Waals surface area contributed by atoms with Crippen molar-refractivity contribution in [2.24, 2.45) is 11.8 Å². The normalized spacial score (nSPS) is 27.8. The zero-order valence-electron chi connectivity index (χ0n) is 17.6. The maximum Gasteiger partial charge on any atom is 0.246 e. The third-order valence-corrected chi connectivity index (χ3v) is 9.61. The van der Waals surface area contributed by atoms with Crippen molar-refractivity contribution < 1.29 is 18.3 Å². The van der Waals surface area contributed by atoms with Crippen molar-refractivity contribution in [2.45, 2.75) is 68.4 Å². The number of aliphatic hydroxyl groups is 1. The van der Waals surface area contributed by atoms with Gasteiger partial charge in [0, 0.05) is 25.7 Å². The van der Waals surface area contributed by atoms with Gasteiger partial charge in [0.2, 0.25) is 15.9 Å². The lowest BCUT2D eigenvalue weighted by atomic mass is 9.90. The van der Waals surface area contributed by atoms with Crippen molar-refractivity contribution in [3.63, 3.8) is 0 Å². The number of hydrogen-bond acceptors (Lipinski definition) is 4. The lowest BCUT2D eigenvalue weighted by Crippen LogP contribution is -2.51. The molecule has 1 atom stereocenters. The first kappa shape index (κ1) is 23.3. The van der Waals surface area contributed by atoms with Gasteiger partial charge < -0.3 is 10.0 Å². The van der Waals surface area contributed by atoms with E-state index in [1.807, 2.05) is 4.90 Å². The first-order chi connectivity index (χ1) is 14.8. The van der Waals surface area contributed by atoms with Gasteiger partial charge in [-0.25, -0.2) is 8.42 Å². The van der Waals surface area contributed by atoms with E-state index in [2.05, 4.69) is 0 Å². The summed E-state index contributed by atoms with van der Waals surface area (Å²) in [5.74, 6) is 0.245. The Hall–Kier alpha value is -0.860. The smallest absolute Gasteiger partial charge is 0.246 e. The average molecular weight is 489 g/mol. The maximum absolute atomic E-state index is 13.6. The SMILES string of the molecule is O=C([C@H]1CCCN(S(=O)(=O)c2c(Cl)cccc2Cl)C1)N(CC1CC1)C1CCC(O)CC1. The largest absolute Gasteiger partial charge is 0.393 e. The molecule has 1 amide bonds. The third-order valence-electron chi connectivity index (χ3n) is 6.79. The third kappa shape index (κ3) is 5.22. The van der Waals surface area contributed by atoms with Crippen LogP contribution in [0.2, 0.25) is 10.0 Å². The zero-order chi connectivity index (χ0) is 22.2. The zero-order valence-corrected chi connectivity index (χ0v) is 19.9. The molecule has 31 heavy (non-hydrogen) atoms. The Balaban J connectivity index is 1.51. The van der Waals surface area contributed by atoms with E-state index in [9.17, 15) is 18.3 Å². The van der Waals surface area contributed by atoms with E-state index >= 15 is 0 Å². The van der Waals surface area contributed by atoms with Crippen LogP contribution in [0, 0.1) is 11.8 Å². The summed E-state index contributed by atoms with van der Waals surface area (Å²) in [6, 6.07) is 4.79. The molecule has 1 N–H and O–H groups in total. The summed E-state index contributed by atoms with van der Waals surface area (Å²) in [7, 11) is -3.89. The van der Waals surface area contributed by atoms with E-state index in [1.165, 1.54) is 16.4 Å². The van der Waals surface area contributed by atoms with Crippen molar-refractivity contribution in [3.05, 3.63) is 28.2 Å². The van der Waals surface area contributed by atoms with Crippen LogP contribution in [-0.4, -0.2) is 60.4 Å². The van der Waals surface area contributed by atoms with Crippen LogP contribution in [-0.2, 0) is 14.8 Å². The van der Waals surface area contributed by atoms with E-state index in [4.69, 9.17) is 23.2 Å². The molecule has 0 radical (unpaired) electrons. The number of carbonyl (C=O) groups excluding carboxylic acids is 1. The molecule has 1 aromatic rings. The molecular formula is C22H30Cl2N2O4S. The fourth-order valence-corrected chi connectivity index (χ4v) is 7.44. The van der Waals surface area contributed by atoms with Crippen molar-refractivity contribution in [3.8, 4) is 0 Å². The topological polar surface area (TPSA) is 77.9 Å². The number of hydrogen-bond donors (Lipinski definition) is 1. The Kier molecular flexibility index (Phi) is 7.18. The molecule has 4 rings (SSSR count). The number of benzene rings is 1. The van der Waals surface area contributed by atoms with Gasteiger partial charge in [-0.15, -0.1) is 0 Å². The molecule has 3 aliphatic rings. The molecule has 1 saturated heterocycles. The quantitative estimate of drug-likeness (QED) is 0.657. The fraction of sp³-hybridized carbons (Fsp3) is 0.682. The van der Waals surface area contributed by atoms with Gasteiger partial charge in [0.25, 0.3) is 0 Å². The Morgan fingerprint density at radius 3 is 2.32 bits per heavy atom. The minimum atomic E-state index is -3.89. The van der Waals surface area contributed by atoms with Crippen LogP contribution >= 0.6 is 23.2 Å². The van der Waals surface area contributed by atoms with Crippen LogP contribution in [0.5, 0.6) is 0 Å².